The Morgan fingerprint density at radius 3 is 2.68 bits per heavy atom. The molecule has 1 saturated heterocycles. The highest BCUT2D eigenvalue weighted by atomic mass is 16.5. The van der Waals surface area contributed by atoms with Crippen molar-refractivity contribution in [3.8, 4) is 5.75 Å². The summed E-state index contributed by atoms with van der Waals surface area (Å²) in [6, 6.07) is 4.57. The van der Waals surface area contributed by atoms with Crippen molar-refractivity contribution in [2.24, 2.45) is 0 Å². The van der Waals surface area contributed by atoms with Crippen molar-refractivity contribution >= 4 is 22.7 Å². The van der Waals surface area contributed by atoms with Gasteiger partial charge in [-0.3, -0.25) is 4.98 Å². The van der Waals surface area contributed by atoms with Gasteiger partial charge in [-0.15, -0.1) is 0 Å². The lowest BCUT2D eigenvalue weighted by atomic mass is 9.93. The Kier molecular flexibility index (Phi) is 6.12. The van der Waals surface area contributed by atoms with Crippen LogP contribution in [0, 0.1) is 0 Å². The highest BCUT2D eigenvalue weighted by Crippen LogP contribution is 2.33. The van der Waals surface area contributed by atoms with Crippen LogP contribution in [0.15, 0.2) is 30.7 Å². The highest BCUT2D eigenvalue weighted by Gasteiger charge is 2.25. The normalized spacial score (nSPS) is 22.9. The van der Waals surface area contributed by atoms with E-state index in [1.54, 1.807) is 12.4 Å². The van der Waals surface area contributed by atoms with Crippen LogP contribution in [0.5, 0.6) is 5.75 Å². The number of morpholine rings is 1. The third kappa shape index (κ3) is 4.63. The second kappa shape index (κ2) is 9.68. The van der Waals surface area contributed by atoms with Gasteiger partial charge in [-0.1, -0.05) is 0 Å². The van der Waals surface area contributed by atoms with Crippen LogP contribution in [0.1, 0.15) is 36.9 Å². The Hall–Kier alpha value is -3.04. The van der Waals surface area contributed by atoms with Crippen molar-refractivity contribution in [1.29, 1.82) is 0 Å². The Morgan fingerprint density at radius 1 is 0.941 bits per heavy atom. The molecule has 4 heterocycles. The summed E-state index contributed by atoms with van der Waals surface area (Å²) in [5, 5.41) is 3.52. The minimum absolute atomic E-state index is 0.154. The number of nitrogens with zero attached hydrogens (tertiary/aromatic N) is 5. The van der Waals surface area contributed by atoms with Gasteiger partial charge < -0.3 is 24.4 Å². The zero-order chi connectivity index (χ0) is 22.7. The molecule has 0 radical (unpaired) electrons. The van der Waals surface area contributed by atoms with E-state index in [0.29, 0.717) is 18.6 Å². The zero-order valence-corrected chi connectivity index (χ0v) is 19.3. The first-order chi connectivity index (χ1) is 16.8. The summed E-state index contributed by atoms with van der Waals surface area (Å²) in [5.74, 6) is 1.52. The van der Waals surface area contributed by atoms with Crippen LogP contribution in [-0.4, -0.2) is 65.0 Å². The molecule has 2 aromatic heterocycles. The molecular formula is C25H30N6O3. The maximum absolute atomic E-state index is 6.54. The Balaban J connectivity index is 1.12. The van der Waals surface area contributed by atoms with Crippen LogP contribution in [0.25, 0.3) is 11.0 Å². The largest absolute Gasteiger partial charge is 0.488 e. The van der Waals surface area contributed by atoms with Gasteiger partial charge in [0, 0.05) is 49.5 Å². The topological polar surface area (TPSA) is 94.5 Å². The number of hydrogen-bond acceptors (Lipinski definition) is 9. The molecular weight excluding hydrogens is 432 g/mol. The van der Waals surface area contributed by atoms with E-state index in [0.717, 1.165) is 93.2 Å². The summed E-state index contributed by atoms with van der Waals surface area (Å²) < 4.78 is 17.6. The molecule has 0 bridgehead atoms. The number of aromatic nitrogens is 4. The summed E-state index contributed by atoms with van der Waals surface area (Å²) >= 11 is 0. The van der Waals surface area contributed by atoms with Gasteiger partial charge in [-0.25, -0.2) is 15.0 Å². The molecule has 2 fully saturated rings. The van der Waals surface area contributed by atoms with Crippen LogP contribution in [-0.2, 0) is 22.5 Å². The molecule has 0 spiro atoms. The lowest BCUT2D eigenvalue weighted by Crippen LogP contribution is -2.36. The third-order valence-electron chi connectivity index (χ3n) is 6.91. The maximum Gasteiger partial charge on any atom is 0.223 e. The number of fused-ring (bicyclic) bond motifs is 2. The molecule has 6 rings (SSSR count). The molecule has 0 amide bonds. The molecule has 0 atom stereocenters. The quantitative estimate of drug-likeness (QED) is 0.614. The smallest absolute Gasteiger partial charge is 0.223 e. The first-order valence-corrected chi connectivity index (χ1v) is 12.2. The van der Waals surface area contributed by atoms with E-state index in [-0.39, 0.29) is 6.10 Å². The van der Waals surface area contributed by atoms with Gasteiger partial charge in [0.05, 0.1) is 43.7 Å². The molecule has 1 aromatic carbocycles. The lowest BCUT2D eigenvalue weighted by Gasteiger charge is -2.31. The minimum atomic E-state index is 0.154. The fourth-order valence-electron chi connectivity index (χ4n) is 5.01. The predicted octanol–water partition coefficient (Wildman–Crippen LogP) is 3.13. The summed E-state index contributed by atoms with van der Waals surface area (Å²) in [6.45, 7) is 4.56. The highest BCUT2D eigenvalue weighted by molar-refractivity contribution is 5.85. The van der Waals surface area contributed by atoms with Crippen LogP contribution in [0.2, 0.25) is 0 Å². The molecule has 3 aromatic rings. The third-order valence-corrected chi connectivity index (χ3v) is 6.91. The molecule has 1 aliphatic carbocycles. The number of anilines is 2. The fourth-order valence-corrected chi connectivity index (χ4v) is 5.01. The van der Waals surface area contributed by atoms with E-state index in [1.165, 1.54) is 5.56 Å². The molecule has 9 nitrogen and oxygen atoms in total. The molecule has 2 aliphatic heterocycles. The predicted molar refractivity (Wildman–Crippen MR) is 128 cm³/mol. The van der Waals surface area contributed by atoms with E-state index in [1.807, 2.05) is 6.20 Å². The minimum Gasteiger partial charge on any atom is -0.488 e. The van der Waals surface area contributed by atoms with Crippen LogP contribution in [0.4, 0.5) is 11.6 Å². The van der Waals surface area contributed by atoms with E-state index in [4.69, 9.17) is 14.2 Å². The number of nitrogens with one attached hydrogen (secondary N) is 1. The van der Waals surface area contributed by atoms with Gasteiger partial charge in [0.15, 0.2) is 0 Å². The molecule has 34 heavy (non-hydrogen) atoms. The average Bonchev–Trinajstić information content (AvgIpc) is 2.90. The lowest BCUT2D eigenvalue weighted by molar-refractivity contribution is 0.107. The van der Waals surface area contributed by atoms with Crippen molar-refractivity contribution in [1.82, 2.24) is 19.9 Å². The average molecular weight is 463 g/mol. The van der Waals surface area contributed by atoms with Gasteiger partial charge in [0.1, 0.15) is 11.3 Å². The summed E-state index contributed by atoms with van der Waals surface area (Å²) in [5.41, 5.74) is 5.02. The molecule has 1 saturated carbocycles. The SMILES string of the molecule is c1cnc2c(O[C@H]3CC[C@@H](Nc4ncc5c(n4)COCC5)CC3)cc(N3CCOCC3)cc2n1. The van der Waals surface area contributed by atoms with Gasteiger partial charge in [0.2, 0.25) is 5.95 Å². The molecule has 178 valence electrons. The zero-order valence-electron chi connectivity index (χ0n) is 19.3. The Labute approximate surface area is 198 Å². The van der Waals surface area contributed by atoms with Crippen LogP contribution >= 0.6 is 0 Å². The molecule has 0 unspecified atom stereocenters. The van der Waals surface area contributed by atoms with Crippen molar-refractivity contribution in [3.05, 3.63) is 42.0 Å². The number of benzene rings is 1. The fraction of sp³-hybridized carbons (Fsp3) is 0.520. The van der Waals surface area contributed by atoms with Crippen LogP contribution in [0.3, 0.4) is 0 Å². The van der Waals surface area contributed by atoms with Crippen molar-refractivity contribution in [2.75, 3.05) is 43.1 Å². The van der Waals surface area contributed by atoms with E-state index >= 15 is 0 Å². The second-order valence-corrected chi connectivity index (χ2v) is 9.17. The van der Waals surface area contributed by atoms with E-state index in [2.05, 4.69) is 42.3 Å². The van der Waals surface area contributed by atoms with Gasteiger partial charge >= 0.3 is 0 Å². The van der Waals surface area contributed by atoms with E-state index in [9.17, 15) is 0 Å². The number of hydrogen-bond donors (Lipinski definition) is 1. The Bertz CT molecular complexity index is 1140. The number of rotatable bonds is 5. The summed E-state index contributed by atoms with van der Waals surface area (Å²) in [6.07, 6.45) is 10.4. The van der Waals surface area contributed by atoms with Gasteiger partial charge in [-0.05, 0) is 43.7 Å². The second-order valence-electron chi connectivity index (χ2n) is 9.17. The van der Waals surface area contributed by atoms with Crippen molar-refractivity contribution < 1.29 is 14.2 Å². The molecule has 9 heteroatoms. The standard InChI is InChI=1S/C25H30N6O3/c1-3-20(4-2-18(1)29-25-28-15-17-5-10-33-16-22(17)30-25)34-23-14-19(31-8-11-32-12-9-31)13-21-24(23)27-7-6-26-21/h6-7,13-15,18,20H,1-5,8-12,16H2,(H,28,29,30)/t18-,20+. The first-order valence-electron chi connectivity index (χ1n) is 12.2. The maximum atomic E-state index is 6.54. The van der Waals surface area contributed by atoms with Crippen molar-refractivity contribution in [2.45, 2.75) is 50.9 Å². The number of ether oxygens (including phenoxy) is 3. The van der Waals surface area contributed by atoms with Gasteiger partial charge in [0.25, 0.3) is 0 Å². The van der Waals surface area contributed by atoms with E-state index < -0.39 is 0 Å². The first kappa shape index (κ1) is 21.5. The van der Waals surface area contributed by atoms with Crippen LogP contribution < -0.4 is 15.0 Å². The summed E-state index contributed by atoms with van der Waals surface area (Å²) in [4.78, 5) is 20.6. The molecule has 3 aliphatic rings. The van der Waals surface area contributed by atoms with Crippen molar-refractivity contribution in [3.63, 3.8) is 0 Å². The molecule has 1 N–H and O–H groups in total. The monoisotopic (exact) mass is 462 g/mol. The van der Waals surface area contributed by atoms with Gasteiger partial charge in [-0.2, -0.15) is 0 Å². The Morgan fingerprint density at radius 2 is 1.79 bits per heavy atom. The summed E-state index contributed by atoms with van der Waals surface area (Å²) in [7, 11) is 0.